The van der Waals surface area contributed by atoms with Gasteiger partial charge in [0.25, 0.3) is 6.43 Å². The van der Waals surface area contributed by atoms with Gasteiger partial charge in [0.05, 0.1) is 15.9 Å². The highest BCUT2D eigenvalue weighted by atomic mass is 79.9. The molecule has 1 aromatic rings. The molecule has 0 unspecified atom stereocenters. The molecule has 0 radical (unpaired) electrons. The van der Waals surface area contributed by atoms with Crippen LogP contribution in [0.25, 0.3) is 0 Å². The predicted molar refractivity (Wildman–Crippen MR) is 53.4 cm³/mol. The van der Waals surface area contributed by atoms with E-state index in [2.05, 4.69) is 20.9 Å². The largest absolute Gasteiger partial charge is 0.478 e. The zero-order valence-electron chi connectivity index (χ0n) is 7.18. The Hall–Kier alpha value is -0.750. The monoisotopic (exact) mass is 299 g/mol. The fourth-order valence-electron chi connectivity index (χ4n) is 1.10. The van der Waals surface area contributed by atoms with Gasteiger partial charge in [-0.3, -0.25) is 4.98 Å². The zero-order chi connectivity index (χ0) is 11.6. The minimum Gasteiger partial charge on any atom is -0.478 e. The molecule has 0 bridgehead atoms. The van der Waals surface area contributed by atoms with E-state index < -0.39 is 18.1 Å². The van der Waals surface area contributed by atoms with Crippen LogP contribution in [0, 0.1) is 0 Å². The summed E-state index contributed by atoms with van der Waals surface area (Å²) >= 11 is 8.36. The highest BCUT2D eigenvalue weighted by Gasteiger charge is 2.23. The van der Waals surface area contributed by atoms with Crippen molar-refractivity contribution in [2.75, 3.05) is 0 Å². The van der Waals surface area contributed by atoms with Crippen molar-refractivity contribution in [3.8, 4) is 0 Å². The summed E-state index contributed by atoms with van der Waals surface area (Å²) in [5.41, 5.74) is -1.02. The molecule has 0 aromatic carbocycles. The average Bonchev–Trinajstić information content (AvgIpc) is 2.15. The van der Waals surface area contributed by atoms with E-state index in [9.17, 15) is 13.6 Å². The van der Waals surface area contributed by atoms with Gasteiger partial charge >= 0.3 is 5.97 Å². The third-order valence-corrected chi connectivity index (χ3v) is 2.59. The number of nitrogens with zero attached hydrogens (tertiary/aromatic N) is 1. The van der Waals surface area contributed by atoms with Gasteiger partial charge in [-0.25, -0.2) is 13.6 Å². The van der Waals surface area contributed by atoms with E-state index in [0.717, 1.165) is 6.20 Å². The van der Waals surface area contributed by atoms with E-state index in [1.165, 1.54) is 0 Å². The van der Waals surface area contributed by atoms with Crippen molar-refractivity contribution in [2.24, 2.45) is 0 Å². The molecule has 82 valence electrons. The second kappa shape index (κ2) is 4.85. The number of carboxylic acid groups (broad SMARTS) is 1. The van der Waals surface area contributed by atoms with Crippen LogP contribution >= 0.6 is 27.5 Å². The zero-order valence-corrected chi connectivity index (χ0v) is 9.52. The van der Waals surface area contributed by atoms with Gasteiger partial charge in [-0.05, 0) is 15.9 Å². The number of alkyl halides is 3. The fourth-order valence-corrected chi connectivity index (χ4v) is 1.88. The second-order valence-electron chi connectivity index (χ2n) is 2.58. The number of hydrogen-bond donors (Lipinski definition) is 1. The van der Waals surface area contributed by atoms with Crippen LogP contribution < -0.4 is 0 Å². The van der Waals surface area contributed by atoms with Gasteiger partial charge in [0.1, 0.15) is 5.69 Å². The van der Waals surface area contributed by atoms with E-state index >= 15 is 0 Å². The van der Waals surface area contributed by atoms with E-state index in [4.69, 9.17) is 16.7 Å². The van der Waals surface area contributed by atoms with Gasteiger partial charge in [-0.1, -0.05) is 0 Å². The van der Waals surface area contributed by atoms with Crippen LogP contribution in [0.3, 0.4) is 0 Å². The number of hydrogen-bond acceptors (Lipinski definition) is 2. The maximum atomic E-state index is 12.5. The summed E-state index contributed by atoms with van der Waals surface area (Å²) in [6.07, 6.45) is -1.81. The van der Waals surface area contributed by atoms with Gasteiger partial charge < -0.3 is 5.11 Å². The quantitative estimate of drug-likeness (QED) is 0.872. The summed E-state index contributed by atoms with van der Waals surface area (Å²) in [5.74, 6) is -1.64. The average molecular weight is 300 g/mol. The molecule has 0 spiro atoms. The normalized spacial score (nSPS) is 10.7. The molecule has 0 saturated heterocycles. The Morgan fingerprint density at radius 2 is 2.27 bits per heavy atom. The molecule has 0 aliphatic carbocycles. The first-order valence-electron chi connectivity index (χ1n) is 3.73. The Balaban J connectivity index is 3.47. The van der Waals surface area contributed by atoms with Crippen LogP contribution in [0.1, 0.15) is 28.0 Å². The van der Waals surface area contributed by atoms with E-state index in [-0.39, 0.29) is 21.5 Å². The first-order valence-corrected chi connectivity index (χ1v) is 5.06. The van der Waals surface area contributed by atoms with Gasteiger partial charge in [0.15, 0.2) is 0 Å². The number of carbonyl (C=O) groups is 1. The van der Waals surface area contributed by atoms with Crippen LogP contribution in [0.5, 0.6) is 0 Å². The molecule has 1 N–H and O–H groups in total. The molecule has 0 aliphatic rings. The molecular weight excluding hydrogens is 295 g/mol. The smallest absolute Gasteiger partial charge is 0.337 e. The number of aromatic carboxylic acids is 1. The summed E-state index contributed by atoms with van der Waals surface area (Å²) in [4.78, 5) is 14.3. The minimum absolute atomic E-state index is 0.134. The fraction of sp³-hybridized carbons (Fsp3) is 0.250. The standard InChI is InChI=1S/C8H5BrClF2NO2/c9-4-2-13-6(7(11)12)3(1-10)5(4)8(14)15/h2,7H,1H2,(H,14,15). The lowest BCUT2D eigenvalue weighted by molar-refractivity contribution is 0.0694. The second-order valence-corrected chi connectivity index (χ2v) is 3.71. The summed E-state index contributed by atoms with van der Waals surface area (Å²) in [7, 11) is 0. The molecule has 1 aromatic heterocycles. The first kappa shape index (κ1) is 12.3. The SMILES string of the molecule is O=C(O)c1c(Br)cnc(C(F)F)c1CCl. The topological polar surface area (TPSA) is 50.2 Å². The molecule has 1 rings (SSSR count). The summed E-state index contributed by atoms with van der Waals surface area (Å²) in [6, 6.07) is 0. The van der Waals surface area contributed by atoms with Crippen LogP contribution in [0.4, 0.5) is 8.78 Å². The summed E-state index contributed by atoms with van der Waals surface area (Å²) in [6.45, 7) is 0. The van der Waals surface area contributed by atoms with Gasteiger partial charge in [0, 0.05) is 11.8 Å². The van der Waals surface area contributed by atoms with E-state index in [1.807, 2.05) is 0 Å². The Morgan fingerprint density at radius 3 is 2.67 bits per heavy atom. The van der Waals surface area contributed by atoms with E-state index in [1.54, 1.807) is 0 Å². The summed E-state index contributed by atoms with van der Waals surface area (Å²) < 4.78 is 25.1. The van der Waals surface area contributed by atoms with E-state index in [0.29, 0.717) is 0 Å². The maximum absolute atomic E-state index is 12.5. The van der Waals surface area contributed by atoms with Gasteiger partial charge in [-0.15, -0.1) is 11.6 Å². The van der Waals surface area contributed by atoms with Gasteiger partial charge in [-0.2, -0.15) is 0 Å². The molecule has 0 aliphatic heterocycles. The Kier molecular flexibility index (Phi) is 3.98. The number of rotatable bonds is 3. The Bertz CT molecular complexity index is 400. The molecule has 1 heterocycles. The summed E-state index contributed by atoms with van der Waals surface area (Å²) in [5, 5.41) is 8.82. The van der Waals surface area contributed by atoms with Crippen molar-refractivity contribution in [2.45, 2.75) is 12.3 Å². The third-order valence-electron chi connectivity index (χ3n) is 1.72. The van der Waals surface area contributed by atoms with Crippen molar-refractivity contribution in [3.05, 3.63) is 27.5 Å². The highest BCUT2D eigenvalue weighted by Crippen LogP contribution is 2.29. The molecule has 0 saturated carbocycles. The maximum Gasteiger partial charge on any atom is 0.337 e. The van der Waals surface area contributed by atoms with Crippen molar-refractivity contribution in [1.29, 1.82) is 0 Å². The molecule has 0 amide bonds. The predicted octanol–water partition coefficient (Wildman–Crippen LogP) is 3.22. The molecule has 0 fully saturated rings. The van der Waals surface area contributed by atoms with Crippen molar-refractivity contribution in [1.82, 2.24) is 4.98 Å². The number of pyridine rings is 1. The van der Waals surface area contributed by atoms with Crippen molar-refractivity contribution in [3.63, 3.8) is 0 Å². The molecular formula is C8H5BrClF2NO2. The Labute approximate surface area is 97.2 Å². The minimum atomic E-state index is -2.84. The lowest BCUT2D eigenvalue weighted by Crippen LogP contribution is -2.08. The number of halogens is 4. The van der Waals surface area contributed by atoms with Crippen LogP contribution in [-0.2, 0) is 5.88 Å². The lowest BCUT2D eigenvalue weighted by atomic mass is 10.1. The van der Waals surface area contributed by atoms with Crippen LogP contribution in [0.15, 0.2) is 10.7 Å². The highest BCUT2D eigenvalue weighted by molar-refractivity contribution is 9.10. The number of aromatic nitrogens is 1. The van der Waals surface area contributed by atoms with Crippen molar-refractivity contribution < 1.29 is 18.7 Å². The molecule has 7 heteroatoms. The lowest BCUT2D eigenvalue weighted by Gasteiger charge is -2.09. The molecule has 3 nitrogen and oxygen atoms in total. The van der Waals surface area contributed by atoms with Crippen molar-refractivity contribution >= 4 is 33.5 Å². The molecule has 15 heavy (non-hydrogen) atoms. The van der Waals surface area contributed by atoms with Crippen LogP contribution in [0.2, 0.25) is 0 Å². The first-order chi connectivity index (χ1) is 6.99. The molecule has 0 atom stereocenters. The number of carboxylic acids is 1. The Morgan fingerprint density at radius 1 is 1.67 bits per heavy atom. The van der Waals surface area contributed by atoms with Crippen LogP contribution in [-0.4, -0.2) is 16.1 Å². The third kappa shape index (κ3) is 2.43. The van der Waals surface area contributed by atoms with Gasteiger partial charge in [0.2, 0.25) is 0 Å².